The van der Waals surface area contributed by atoms with Crippen molar-refractivity contribution in [3.8, 4) is 0 Å². The first-order valence-electron chi connectivity index (χ1n) is 37.7. The van der Waals surface area contributed by atoms with Crippen LogP contribution in [-0.4, -0.2) is 149 Å². The molecule has 2 saturated heterocycles. The number of ketones is 1. The van der Waals surface area contributed by atoms with E-state index in [1.165, 1.54) is 11.1 Å². The molecule has 8 aliphatic carbocycles. The van der Waals surface area contributed by atoms with Gasteiger partial charge in [-0.15, -0.1) is 0 Å². The molecule has 0 aromatic heterocycles. The fourth-order valence-corrected chi connectivity index (χ4v) is 22.6. The van der Waals surface area contributed by atoms with Crippen LogP contribution in [0.5, 0.6) is 0 Å². The highest BCUT2D eigenvalue weighted by Crippen LogP contribution is 2.71. The first kappa shape index (κ1) is 69.9. The van der Waals surface area contributed by atoms with Gasteiger partial charge in [0.1, 0.15) is 19.3 Å². The number of allylic oxidation sites excluding steroid dienone is 2. The van der Waals surface area contributed by atoms with Gasteiger partial charge in [-0.25, -0.2) is 4.79 Å². The minimum absolute atomic E-state index is 0.00387. The number of hydrogen-bond donors (Lipinski definition) is 7. The molecular formula is C80H111N5O12. The number of carbonyl (C=O) groups is 6. The smallest absolute Gasteiger partial charge is 0.331 e. The Kier molecular flexibility index (Phi) is 20.5. The van der Waals surface area contributed by atoms with Gasteiger partial charge in [-0.05, 0) is 223 Å². The minimum Gasteiger partial charge on any atom is -0.458 e. The van der Waals surface area contributed by atoms with Crippen LogP contribution in [-0.2, 0) is 33.4 Å². The maximum absolute atomic E-state index is 14.4. The van der Waals surface area contributed by atoms with E-state index in [2.05, 4.69) is 66.9 Å². The van der Waals surface area contributed by atoms with E-state index >= 15 is 0 Å². The number of aliphatic hydroxyl groups is 3. The molecule has 528 valence electrons. The first-order valence-corrected chi connectivity index (χ1v) is 37.7. The fraction of sp³-hybridized carbons (Fsp3) is 0.700. The van der Waals surface area contributed by atoms with Gasteiger partial charge >= 0.3 is 5.97 Å². The molecule has 20 atom stereocenters. The quantitative estimate of drug-likeness (QED) is 0.0237. The van der Waals surface area contributed by atoms with Crippen molar-refractivity contribution in [2.45, 2.75) is 237 Å². The maximum atomic E-state index is 14.4. The Morgan fingerprint density at radius 3 is 2.28 bits per heavy atom. The number of cyclic esters (lactones) is 1. The zero-order valence-electron chi connectivity index (χ0n) is 58.7. The van der Waals surface area contributed by atoms with Gasteiger partial charge in [0.25, 0.3) is 5.91 Å². The van der Waals surface area contributed by atoms with Gasteiger partial charge in [-0.3, -0.25) is 28.9 Å². The molecule has 2 aromatic rings. The van der Waals surface area contributed by atoms with Crippen LogP contribution in [0.15, 0.2) is 89.0 Å². The highest BCUT2D eigenvalue weighted by atomic mass is 16.5. The summed E-state index contributed by atoms with van der Waals surface area (Å²) in [5.41, 5.74) is 4.94. The predicted molar refractivity (Wildman–Crippen MR) is 369 cm³/mol. The van der Waals surface area contributed by atoms with E-state index in [4.69, 9.17) is 14.2 Å². The number of amides is 4. The molecule has 7 N–H and O–H groups in total. The molecule has 2 aromatic carbocycles. The largest absolute Gasteiger partial charge is 0.458 e. The van der Waals surface area contributed by atoms with Crippen molar-refractivity contribution in [1.82, 2.24) is 26.2 Å². The molecular weight excluding hydrogens is 1220 g/mol. The number of aliphatic hydroxyl groups excluding tert-OH is 2. The van der Waals surface area contributed by atoms with Gasteiger partial charge in [0.05, 0.1) is 35.6 Å². The number of nitrogens with zero attached hydrogens (tertiary/aromatic N) is 1. The lowest BCUT2D eigenvalue weighted by Crippen LogP contribution is -2.67. The third kappa shape index (κ3) is 13.2. The highest BCUT2D eigenvalue weighted by molar-refractivity contribution is 6.09. The molecule has 13 rings (SSSR count). The number of carbonyl (C=O) groups excluding carboxylic acids is 6. The van der Waals surface area contributed by atoms with Crippen LogP contribution in [0.3, 0.4) is 0 Å². The number of fused-ring (bicyclic) bond motifs is 11. The Bertz CT molecular complexity index is 3370. The Hall–Kier alpha value is -5.56. The van der Waals surface area contributed by atoms with Gasteiger partial charge in [-0.1, -0.05) is 101 Å². The summed E-state index contributed by atoms with van der Waals surface area (Å²) in [6, 6.07) is 14.9. The molecule has 4 amide bonds. The lowest BCUT2D eigenvalue weighted by atomic mass is 9.42. The summed E-state index contributed by atoms with van der Waals surface area (Å²) < 4.78 is 19.0. The fourth-order valence-electron chi connectivity index (χ4n) is 22.6. The van der Waals surface area contributed by atoms with Crippen molar-refractivity contribution in [3.05, 3.63) is 106 Å². The second-order valence-corrected chi connectivity index (χ2v) is 32.9. The monoisotopic (exact) mass is 1330 g/mol. The van der Waals surface area contributed by atoms with E-state index in [1.54, 1.807) is 48.0 Å². The first-order chi connectivity index (χ1) is 46.5. The summed E-state index contributed by atoms with van der Waals surface area (Å²) in [5, 5.41) is 47.5. The number of hydrogen-bond acceptors (Lipinski definition) is 13. The number of unbranched alkanes of at least 4 members (excludes halogenated alkanes) is 3. The summed E-state index contributed by atoms with van der Waals surface area (Å²) in [7, 11) is 0. The SMILES string of the molecule is CC1=C2C[C@H]3[C@@H](CC=C4C[C@@H](O)CC[C@@]43C)[C@@H]2CCC12O[C@@H]1C[C@H](C)CN(CCNC(=O)C(CCCCNC(=O)CCCCCNC(=O)COC3CC[C@@]4(C)[C@H](CC[C@@H]5[C@@H]4C[C@@H](O)[C@]4(C)[C@@H](C6=CC(=O)OC6)CC[C@]54O)C3)NC(=O)c3ccc(C(=O)c4ccccc4)cc3)[C@H]1[C@H]2C. The van der Waals surface area contributed by atoms with Crippen molar-refractivity contribution in [1.29, 1.82) is 0 Å². The van der Waals surface area contributed by atoms with Crippen LogP contribution in [0.4, 0.5) is 0 Å². The van der Waals surface area contributed by atoms with E-state index in [0.29, 0.717) is 117 Å². The Balaban J connectivity index is 0.545. The number of rotatable bonds is 23. The molecule has 17 nitrogen and oxygen atoms in total. The van der Waals surface area contributed by atoms with Gasteiger partial charge < -0.3 is 50.8 Å². The van der Waals surface area contributed by atoms with Crippen molar-refractivity contribution in [2.24, 2.45) is 69.5 Å². The number of benzene rings is 2. The normalized spacial score (nSPS) is 38.2. The van der Waals surface area contributed by atoms with Crippen LogP contribution >= 0.6 is 0 Å². The molecule has 8 fully saturated rings. The topological polar surface area (TPSA) is 242 Å². The summed E-state index contributed by atoms with van der Waals surface area (Å²) in [4.78, 5) is 82.1. The molecule has 0 radical (unpaired) electrons. The van der Waals surface area contributed by atoms with Crippen LogP contribution in [0.2, 0.25) is 0 Å². The molecule has 0 bridgehead atoms. The van der Waals surface area contributed by atoms with Gasteiger partial charge in [0.15, 0.2) is 5.78 Å². The number of likely N-dealkylation sites (tertiary alicyclic amines) is 1. The summed E-state index contributed by atoms with van der Waals surface area (Å²) in [6.07, 6.45) is 22.0. The standard InChI is InChI=1S/C80H111N5O12/c1-48-39-67-72(50(3)79(97-67)33-29-59-60-25-23-55-41-57(86)27-31-76(55,4)64(60)43-61(59)49(79)2)85(45-48)38-37-83-75(93)66(84-74(92)53-21-19-52(20-22-53)73(91)51-15-9-7-10-16-51)17-12-14-36-81-69(88)18-11-8-13-35-82-70(89)47-95-58-28-32-77(5)56(42-58)24-26-63-65(77)44-68(87)78(6)62(30-34-80(63,78)94)54-40-71(90)96-46-54/h7,9-10,15-16,19-23,40,48,50,56-60,62-68,72,86-87,94H,8,11-14,17-18,24-39,41-47H2,1-6H3,(H,81,88)(H,82,89)(H,83,93)(H,84,92)/t48-,50+,56+,57-,58?,59-,60-,62+,63+,64-,65-,66?,67+,68+,72-,76-,77-,78-,79?,80-/m0/s1. The lowest BCUT2D eigenvalue weighted by molar-refractivity contribution is -0.245. The summed E-state index contributed by atoms with van der Waals surface area (Å²) >= 11 is 0. The molecule has 97 heavy (non-hydrogen) atoms. The highest BCUT2D eigenvalue weighted by Gasteiger charge is 2.71. The molecule has 3 aliphatic heterocycles. The Morgan fingerprint density at radius 1 is 0.753 bits per heavy atom. The third-order valence-corrected chi connectivity index (χ3v) is 28.0. The van der Waals surface area contributed by atoms with E-state index in [1.807, 2.05) is 25.1 Å². The van der Waals surface area contributed by atoms with Gasteiger partial charge in [0.2, 0.25) is 17.7 Å². The van der Waals surface area contributed by atoms with Crippen molar-refractivity contribution in [2.75, 3.05) is 45.9 Å². The van der Waals surface area contributed by atoms with Crippen molar-refractivity contribution >= 4 is 35.4 Å². The zero-order valence-corrected chi connectivity index (χ0v) is 58.7. The molecule has 17 heteroatoms. The van der Waals surface area contributed by atoms with Gasteiger partial charge in [0, 0.05) is 79.3 Å². The average molecular weight is 1330 g/mol. The van der Waals surface area contributed by atoms with Crippen molar-refractivity contribution in [3.63, 3.8) is 0 Å². The molecule has 11 aliphatic rings. The zero-order chi connectivity index (χ0) is 68.2. The van der Waals surface area contributed by atoms with Crippen LogP contribution < -0.4 is 21.3 Å². The second kappa shape index (κ2) is 28.5. The summed E-state index contributed by atoms with van der Waals surface area (Å²) in [6.45, 7) is 17.2. The molecule has 1 spiro atoms. The second-order valence-electron chi connectivity index (χ2n) is 32.9. The Morgan fingerprint density at radius 2 is 1.51 bits per heavy atom. The maximum Gasteiger partial charge on any atom is 0.331 e. The van der Waals surface area contributed by atoms with E-state index in [-0.39, 0.29) is 107 Å². The van der Waals surface area contributed by atoms with Crippen LogP contribution in [0.1, 0.15) is 216 Å². The molecule has 3 unspecified atom stereocenters. The average Bonchev–Trinajstić information content (AvgIpc) is 1.64. The Labute approximate surface area is 575 Å². The van der Waals surface area contributed by atoms with Crippen LogP contribution in [0.25, 0.3) is 0 Å². The van der Waals surface area contributed by atoms with Crippen molar-refractivity contribution < 1.29 is 58.3 Å². The molecule has 6 saturated carbocycles. The molecule has 3 heterocycles. The minimum atomic E-state index is -1.02. The third-order valence-electron chi connectivity index (χ3n) is 28.0. The van der Waals surface area contributed by atoms with E-state index < -0.39 is 29.1 Å². The van der Waals surface area contributed by atoms with Crippen LogP contribution in [0, 0.1) is 69.5 Å². The van der Waals surface area contributed by atoms with Gasteiger partial charge in [-0.2, -0.15) is 0 Å². The van der Waals surface area contributed by atoms with E-state index in [9.17, 15) is 44.1 Å². The number of nitrogens with one attached hydrogen (secondary N) is 4. The predicted octanol–water partition coefficient (Wildman–Crippen LogP) is 10.4. The lowest BCUT2D eigenvalue weighted by Gasteiger charge is -2.65. The number of piperidine rings is 1. The number of ether oxygens (including phenoxy) is 3. The summed E-state index contributed by atoms with van der Waals surface area (Å²) in [5.74, 6) is 1.77. The number of esters is 1. The van der Waals surface area contributed by atoms with E-state index in [0.717, 1.165) is 115 Å².